The van der Waals surface area contributed by atoms with Crippen LogP contribution in [0.25, 0.3) is 0 Å². The lowest BCUT2D eigenvalue weighted by atomic mass is 9.52. The smallest absolute Gasteiger partial charge is 0.00858 e. The minimum atomic E-state index is 0.227. The molecule has 0 amide bonds. The highest BCUT2D eigenvalue weighted by atomic mass is 14.5. The first-order valence-electron chi connectivity index (χ1n) is 13.3. The number of rotatable bonds is 15. The number of allylic oxidation sites excluding steroid dienone is 7. The van der Waals surface area contributed by atoms with Crippen molar-refractivity contribution in [2.24, 2.45) is 16.7 Å². The Bertz CT molecular complexity index is 631. The van der Waals surface area contributed by atoms with Crippen LogP contribution in [0.3, 0.4) is 0 Å². The van der Waals surface area contributed by atoms with Gasteiger partial charge >= 0.3 is 0 Å². The largest absolute Gasteiger partial charge is 0.100 e. The average molecular weight is 427 g/mol. The van der Waals surface area contributed by atoms with E-state index < -0.39 is 0 Å². The highest BCUT2D eigenvalue weighted by Crippen LogP contribution is 2.56. The van der Waals surface area contributed by atoms with Crippen LogP contribution >= 0.6 is 0 Å². The van der Waals surface area contributed by atoms with Crippen molar-refractivity contribution in [3.05, 3.63) is 47.1 Å². The summed E-state index contributed by atoms with van der Waals surface area (Å²) in [5.74, 6) is 0.690. The van der Waals surface area contributed by atoms with Crippen LogP contribution in [0, 0.1) is 16.7 Å². The summed E-state index contributed by atoms with van der Waals surface area (Å²) in [5.41, 5.74) is 7.05. The SMILES string of the molecule is C=C(C)CCCCC(CCC)(C(C)C)C(C)(C)C(=CCC(CC=CC)=C1CCC1)CC. The van der Waals surface area contributed by atoms with Crippen molar-refractivity contribution in [1.82, 2.24) is 0 Å². The Balaban J connectivity index is 3.20. The molecule has 0 N–H and O–H groups in total. The monoisotopic (exact) mass is 426 g/mol. The highest BCUT2D eigenvalue weighted by Gasteiger charge is 2.47. The zero-order chi connectivity index (χ0) is 23.5. The molecule has 1 aliphatic rings. The molecule has 0 aliphatic heterocycles. The molecule has 0 aromatic heterocycles. The van der Waals surface area contributed by atoms with Gasteiger partial charge in [0.05, 0.1) is 0 Å². The molecule has 1 fully saturated rings. The van der Waals surface area contributed by atoms with Gasteiger partial charge in [-0.3, -0.25) is 0 Å². The van der Waals surface area contributed by atoms with Crippen LogP contribution in [0.2, 0.25) is 0 Å². The van der Waals surface area contributed by atoms with Gasteiger partial charge in [-0.25, -0.2) is 0 Å². The third-order valence-corrected chi connectivity index (χ3v) is 8.36. The quantitative estimate of drug-likeness (QED) is 0.180. The average Bonchev–Trinajstić information content (AvgIpc) is 2.66. The molecule has 0 aromatic rings. The second-order valence-corrected chi connectivity index (χ2v) is 11.0. The van der Waals surface area contributed by atoms with Crippen molar-refractivity contribution >= 4 is 0 Å². The fourth-order valence-electron chi connectivity index (χ4n) is 6.11. The summed E-state index contributed by atoms with van der Waals surface area (Å²) in [7, 11) is 0. The Labute approximate surface area is 196 Å². The van der Waals surface area contributed by atoms with Gasteiger partial charge in [0.2, 0.25) is 0 Å². The molecule has 0 heterocycles. The normalized spacial score (nSPS) is 17.2. The predicted molar refractivity (Wildman–Crippen MR) is 143 cm³/mol. The first-order valence-corrected chi connectivity index (χ1v) is 13.3. The first-order chi connectivity index (χ1) is 14.7. The van der Waals surface area contributed by atoms with Gasteiger partial charge in [0.15, 0.2) is 0 Å². The molecule has 1 atom stereocenters. The molecule has 31 heavy (non-hydrogen) atoms. The van der Waals surface area contributed by atoms with E-state index >= 15 is 0 Å². The van der Waals surface area contributed by atoms with Gasteiger partial charge in [-0.2, -0.15) is 0 Å². The van der Waals surface area contributed by atoms with E-state index in [2.05, 4.69) is 80.2 Å². The molecule has 1 rings (SSSR count). The summed E-state index contributed by atoms with van der Waals surface area (Å²) in [4.78, 5) is 0. The molecule has 0 saturated heterocycles. The molecule has 1 unspecified atom stereocenters. The van der Waals surface area contributed by atoms with Crippen molar-refractivity contribution < 1.29 is 0 Å². The Morgan fingerprint density at radius 2 is 1.74 bits per heavy atom. The van der Waals surface area contributed by atoms with E-state index in [1.165, 1.54) is 69.8 Å². The fourth-order valence-corrected chi connectivity index (χ4v) is 6.11. The van der Waals surface area contributed by atoms with Crippen molar-refractivity contribution in [3.63, 3.8) is 0 Å². The van der Waals surface area contributed by atoms with Gasteiger partial charge in [-0.05, 0) is 94.8 Å². The topological polar surface area (TPSA) is 0 Å². The summed E-state index contributed by atoms with van der Waals surface area (Å²) in [6.45, 7) is 23.3. The van der Waals surface area contributed by atoms with Crippen LogP contribution in [0.4, 0.5) is 0 Å². The summed E-state index contributed by atoms with van der Waals surface area (Å²) in [6.07, 6.45) is 22.5. The maximum absolute atomic E-state index is 4.12. The lowest BCUT2D eigenvalue weighted by molar-refractivity contribution is 0.0184. The lowest BCUT2D eigenvalue weighted by Crippen LogP contribution is -2.43. The maximum atomic E-state index is 4.12. The molecule has 0 nitrogen and oxygen atoms in total. The Morgan fingerprint density at radius 3 is 2.19 bits per heavy atom. The highest BCUT2D eigenvalue weighted by molar-refractivity contribution is 5.27. The van der Waals surface area contributed by atoms with Crippen molar-refractivity contribution in [2.75, 3.05) is 0 Å². The van der Waals surface area contributed by atoms with E-state index in [0.29, 0.717) is 11.3 Å². The Morgan fingerprint density at radius 1 is 1.06 bits per heavy atom. The second-order valence-electron chi connectivity index (χ2n) is 11.0. The summed E-state index contributed by atoms with van der Waals surface area (Å²) in [6, 6.07) is 0. The van der Waals surface area contributed by atoms with Gasteiger partial charge in [-0.1, -0.05) is 94.9 Å². The van der Waals surface area contributed by atoms with Gasteiger partial charge in [0.1, 0.15) is 0 Å². The van der Waals surface area contributed by atoms with E-state index in [4.69, 9.17) is 0 Å². The van der Waals surface area contributed by atoms with Crippen LogP contribution in [0.5, 0.6) is 0 Å². The van der Waals surface area contributed by atoms with Gasteiger partial charge in [0, 0.05) is 0 Å². The minimum Gasteiger partial charge on any atom is -0.100 e. The molecule has 0 heteroatoms. The zero-order valence-electron chi connectivity index (χ0n) is 22.5. The summed E-state index contributed by atoms with van der Waals surface area (Å²) in [5, 5.41) is 0. The maximum Gasteiger partial charge on any atom is -0.00858 e. The predicted octanol–water partition coefficient (Wildman–Crippen LogP) is 10.8. The third-order valence-electron chi connectivity index (χ3n) is 8.36. The van der Waals surface area contributed by atoms with E-state index in [1.54, 1.807) is 16.7 Å². The molecule has 0 aromatic carbocycles. The molecular formula is C31H54. The van der Waals surface area contributed by atoms with Crippen molar-refractivity contribution in [1.29, 1.82) is 0 Å². The number of unbranched alkanes of at least 4 members (excludes halogenated alkanes) is 1. The summed E-state index contributed by atoms with van der Waals surface area (Å²) >= 11 is 0. The number of hydrogen-bond donors (Lipinski definition) is 0. The molecule has 0 radical (unpaired) electrons. The fraction of sp³-hybridized carbons (Fsp3) is 0.742. The van der Waals surface area contributed by atoms with Crippen LogP contribution < -0.4 is 0 Å². The van der Waals surface area contributed by atoms with E-state index in [1.807, 2.05) is 0 Å². The molecule has 0 spiro atoms. The number of hydrogen-bond acceptors (Lipinski definition) is 0. The molecule has 1 saturated carbocycles. The minimum absolute atomic E-state index is 0.227. The van der Waals surface area contributed by atoms with E-state index in [-0.39, 0.29) is 5.41 Å². The van der Waals surface area contributed by atoms with Crippen LogP contribution in [-0.4, -0.2) is 0 Å². The molecule has 1 aliphatic carbocycles. The molecule has 0 bridgehead atoms. The van der Waals surface area contributed by atoms with Crippen molar-refractivity contribution in [2.45, 2.75) is 132 Å². The van der Waals surface area contributed by atoms with Crippen molar-refractivity contribution in [3.8, 4) is 0 Å². The van der Waals surface area contributed by atoms with Crippen LogP contribution in [0.15, 0.2) is 47.1 Å². The Kier molecular flexibility index (Phi) is 12.2. The first kappa shape index (κ1) is 28.0. The van der Waals surface area contributed by atoms with Gasteiger partial charge in [0.25, 0.3) is 0 Å². The molecular weight excluding hydrogens is 372 g/mol. The van der Waals surface area contributed by atoms with Crippen LogP contribution in [0.1, 0.15) is 132 Å². The lowest BCUT2D eigenvalue weighted by Gasteiger charge is -2.52. The van der Waals surface area contributed by atoms with E-state index in [9.17, 15) is 0 Å². The Hall–Kier alpha value is -1.04. The standard InChI is InChI=1S/C31H54/c1-10-13-18-28(27-19-16-20-27)21-22-29(12-3)30(8,9)31(23-11-2,26(6)7)24-15-14-17-25(4)5/h10,13,22,26H,4,11-12,14-21,23-24H2,1-3,5-9H3. The van der Waals surface area contributed by atoms with Gasteiger partial charge < -0.3 is 0 Å². The summed E-state index contributed by atoms with van der Waals surface area (Å²) < 4.78 is 0. The molecule has 178 valence electrons. The van der Waals surface area contributed by atoms with Crippen LogP contribution in [-0.2, 0) is 0 Å². The zero-order valence-corrected chi connectivity index (χ0v) is 22.5. The third kappa shape index (κ3) is 7.50. The van der Waals surface area contributed by atoms with E-state index in [0.717, 1.165) is 12.8 Å². The second kappa shape index (κ2) is 13.5. The van der Waals surface area contributed by atoms with Gasteiger partial charge in [-0.15, -0.1) is 6.58 Å².